The number of anilines is 1. The lowest BCUT2D eigenvalue weighted by molar-refractivity contribution is 0.451. The van der Waals surface area contributed by atoms with Gasteiger partial charge < -0.3 is 15.2 Å². The Morgan fingerprint density at radius 3 is 2.00 bits per heavy atom. The number of aromatic nitrogens is 2. The first-order valence-corrected chi connectivity index (χ1v) is 6.50. The Labute approximate surface area is 122 Å². The molecule has 0 amide bonds. The first kappa shape index (κ1) is 13.1. The van der Waals surface area contributed by atoms with Gasteiger partial charge in [0.2, 0.25) is 0 Å². The Hall–Kier alpha value is -2.95. The zero-order valence-electron chi connectivity index (χ0n) is 11.6. The van der Waals surface area contributed by atoms with Gasteiger partial charge in [-0.2, -0.15) is 0 Å². The minimum atomic E-state index is 0.397. The van der Waals surface area contributed by atoms with E-state index in [4.69, 9.17) is 15.2 Å². The van der Waals surface area contributed by atoms with Gasteiger partial charge in [0.25, 0.3) is 5.88 Å². The number of rotatable bonds is 4. The number of hydrogen-bond acceptors (Lipinski definition) is 4. The van der Waals surface area contributed by atoms with Crippen LogP contribution in [0.25, 0.3) is 0 Å². The number of para-hydroxylation sites is 1. The van der Waals surface area contributed by atoms with Crippen LogP contribution in [0.15, 0.2) is 60.8 Å². The summed E-state index contributed by atoms with van der Waals surface area (Å²) in [5, 5.41) is 4.13. The monoisotopic (exact) mass is 281 g/mol. The van der Waals surface area contributed by atoms with Gasteiger partial charge in [-0.05, 0) is 36.4 Å². The van der Waals surface area contributed by atoms with Crippen LogP contribution in [0, 0.1) is 0 Å². The fourth-order valence-electron chi connectivity index (χ4n) is 1.88. The molecule has 2 N–H and O–H groups in total. The van der Waals surface area contributed by atoms with Crippen LogP contribution in [0.5, 0.6) is 23.1 Å². The van der Waals surface area contributed by atoms with E-state index in [1.165, 1.54) is 0 Å². The average Bonchev–Trinajstić information content (AvgIpc) is 2.80. The second kappa shape index (κ2) is 5.58. The van der Waals surface area contributed by atoms with E-state index < -0.39 is 0 Å². The Morgan fingerprint density at radius 2 is 1.43 bits per heavy atom. The molecule has 3 rings (SSSR count). The molecular formula is C16H15N3O2. The van der Waals surface area contributed by atoms with E-state index in [1.54, 1.807) is 17.9 Å². The number of hydrogen-bond donors (Lipinski definition) is 1. The van der Waals surface area contributed by atoms with Crippen molar-refractivity contribution >= 4 is 5.69 Å². The topological polar surface area (TPSA) is 62.3 Å². The van der Waals surface area contributed by atoms with Crippen molar-refractivity contribution in [2.75, 3.05) is 5.73 Å². The molecule has 1 heterocycles. The first-order valence-electron chi connectivity index (χ1n) is 6.50. The second-order valence-corrected chi connectivity index (χ2v) is 4.55. The SMILES string of the molecule is Cn1cc(N)c(Oc2ccc(Oc3ccccc3)cc2)n1. The van der Waals surface area contributed by atoms with Crippen LogP contribution in [-0.2, 0) is 7.05 Å². The summed E-state index contributed by atoms with van der Waals surface area (Å²) in [6.45, 7) is 0. The Balaban J connectivity index is 1.71. The zero-order valence-corrected chi connectivity index (χ0v) is 11.6. The van der Waals surface area contributed by atoms with Crippen molar-refractivity contribution in [2.45, 2.75) is 0 Å². The highest BCUT2D eigenvalue weighted by molar-refractivity contribution is 5.48. The predicted octanol–water partition coefficient (Wildman–Crippen LogP) is 3.59. The third-order valence-corrected chi connectivity index (χ3v) is 2.84. The second-order valence-electron chi connectivity index (χ2n) is 4.55. The summed E-state index contributed by atoms with van der Waals surface area (Å²) in [5.74, 6) is 2.58. The highest BCUT2D eigenvalue weighted by Crippen LogP contribution is 2.28. The average molecular weight is 281 g/mol. The van der Waals surface area contributed by atoms with E-state index in [0.717, 1.165) is 11.5 Å². The van der Waals surface area contributed by atoms with Gasteiger partial charge in [0.1, 0.15) is 22.9 Å². The molecule has 0 bridgehead atoms. The molecule has 0 saturated heterocycles. The zero-order chi connectivity index (χ0) is 14.7. The van der Waals surface area contributed by atoms with Crippen LogP contribution in [0.4, 0.5) is 5.69 Å². The normalized spacial score (nSPS) is 10.3. The third-order valence-electron chi connectivity index (χ3n) is 2.84. The van der Waals surface area contributed by atoms with Crippen molar-refractivity contribution in [3.8, 4) is 23.1 Å². The fraction of sp³-hybridized carbons (Fsp3) is 0.0625. The minimum Gasteiger partial charge on any atom is -0.457 e. The van der Waals surface area contributed by atoms with Gasteiger partial charge in [-0.25, -0.2) is 0 Å². The van der Waals surface area contributed by atoms with E-state index in [0.29, 0.717) is 17.3 Å². The van der Waals surface area contributed by atoms with Crippen LogP contribution in [-0.4, -0.2) is 9.78 Å². The summed E-state index contributed by atoms with van der Waals surface area (Å²) in [6, 6.07) is 16.9. The smallest absolute Gasteiger partial charge is 0.261 e. The number of aryl methyl sites for hydroxylation is 1. The summed E-state index contributed by atoms with van der Waals surface area (Å²) in [5.41, 5.74) is 6.29. The number of ether oxygens (including phenoxy) is 2. The molecule has 3 aromatic rings. The highest BCUT2D eigenvalue weighted by Gasteiger charge is 2.07. The van der Waals surface area contributed by atoms with Crippen molar-refractivity contribution in [3.63, 3.8) is 0 Å². The molecular weight excluding hydrogens is 266 g/mol. The predicted molar refractivity (Wildman–Crippen MR) is 80.7 cm³/mol. The number of nitrogens with zero attached hydrogens (tertiary/aromatic N) is 2. The third kappa shape index (κ3) is 3.14. The minimum absolute atomic E-state index is 0.397. The Kier molecular flexibility index (Phi) is 3.47. The molecule has 2 aromatic carbocycles. The molecule has 0 spiro atoms. The molecule has 5 heteroatoms. The molecule has 1 aromatic heterocycles. The van der Waals surface area contributed by atoms with Crippen molar-refractivity contribution in [3.05, 3.63) is 60.8 Å². The maximum absolute atomic E-state index is 5.79. The maximum atomic E-state index is 5.79. The molecule has 106 valence electrons. The van der Waals surface area contributed by atoms with Crippen LogP contribution in [0.1, 0.15) is 0 Å². The van der Waals surface area contributed by atoms with Gasteiger partial charge in [-0.1, -0.05) is 18.2 Å². The lowest BCUT2D eigenvalue weighted by atomic mass is 10.3. The van der Waals surface area contributed by atoms with Crippen LogP contribution in [0.3, 0.4) is 0 Å². The lowest BCUT2D eigenvalue weighted by Gasteiger charge is -2.07. The summed E-state index contributed by atoms with van der Waals surface area (Å²) < 4.78 is 12.9. The lowest BCUT2D eigenvalue weighted by Crippen LogP contribution is -1.91. The van der Waals surface area contributed by atoms with Crippen molar-refractivity contribution in [1.82, 2.24) is 9.78 Å². The summed E-state index contributed by atoms with van der Waals surface area (Å²) in [7, 11) is 1.79. The molecule has 0 radical (unpaired) electrons. The molecule has 0 aliphatic heterocycles. The number of nitrogen functional groups attached to an aromatic ring is 1. The van der Waals surface area contributed by atoms with E-state index in [1.807, 2.05) is 54.6 Å². The van der Waals surface area contributed by atoms with E-state index in [2.05, 4.69) is 5.10 Å². The van der Waals surface area contributed by atoms with Crippen molar-refractivity contribution < 1.29 is 9.47 Å². The van der Waals surface area contributed by atoms with Gasteiger partial charge in [0, 0.05) is 7.05 Å². The Morgan fingerprint density at radius 1 is 0.857 bits per heavy atom. The van der Waals surface area contributed by atoms with Crippen LogP contribution in [0.2, 0.25) is 0 Å². The quantitative estimate of drug-likeness (QED) is 0.793. The number of nitrogens with two attached hydrogens (primary N) is 1. The summed E-state index contributed by atoms with van der Waals surface area (Å²) in [6.07, 6.45) is 1.70. The molecule has 0 atom stereocenters. The molecule has 0 saturated carbocycles. The molecule has 0 unspecified atom stereocenters. The largest absolute Gasteiger partial charge is 0.457 e. The van der Waals surface area contributed by atoms with Gasteiger partial charge in [-0.3, -0.25) is 4.68 Å². The molecule has 0 fully saturated rings. The molecule has 0 aliphatic carbocycles. The van der Waals surface area contributed by atoms with Gasteiger partial charge >= 0.3 is 0 Å². The van der Waals surface area contributed by atoms with Gasteiger partial charge in [0.05, 0.1) is 6.20 Å². The van der Waals surface area contributed by atoms with E-state index in [9.17, 15) is 0 Å². The van der Waals surface area contributed by atoms with Gasteiger partial charge in [-0.15, -0.1) is 5.10 Å². The Bertz CT molecular complexity index is 721. The molecule has 21 heavy (non-hydrogen) atoms. The fourth-order valence-corrected chi connectivity index (χ4v) is 1.88. The first-order chi connectivity index (χ1) is 10.2. The van der Waals surface area contributed by atoms with E-state index in [-0.39, 0.29) is 0 Å². The van der Waals surface area contributed by atoms with Gasteiger partial charge in [0.15, 0.2) is 0 Å². The molecule has 5 nitrogen and oxygen atoms in total. The highest BCUT2D eigenvalue weighted by atomic mass is 16.5. The van der Waals surface area contributed by atoms with Crippen molar-refractivity contribution in [2.24, 2.45) is 7.05 Å². The van der Waals surface area contributed by atoms with Crippen LogP contribution < -0.4 is 15.2 Å². The maximum Gasteiger partial charge on any atom is 0.261 e. The summed E-state index contributed by atoms with van der Waals surface area (Å²) >= 11 is 0. The standard InChI is InChI=1S/C16H15N3O2/c1-19-11-15(17)16(18-19)21-14-9-7-13(8-10-14)20-12-5-3-2-4-6-12/h2-11H,17H2,1H3. The van der Waals surface area contributed by atoms with Crippen LogP contribution >= 0.6 is 0 Å². The van der Waals surface area contributed by atoms with Crippen molar-refractivity contribution in [1.29, 1.82) is 0 Å². The molecule has 0 aliphatic rings. The van der Waals surface area contributed by atoms with E-state index >= 15 is 0 Å². The summed E-state index contributed by atoms with van der Waals surface area (Å²) in [4.78, 5) is 0. The number of benzene rings is 2.